The van der Waals surface area contributed by atoms with Crippen LogP contribution in [0.5, 0.6) is 0 Å². The van der Waals surface area contributed by atoms with Crippen molar-refractivity contribution in [3.05, 3.63) is 47.5 Å². The minimum atomic E-state index is -2.59. The van der Waals surface area contributed by atoms with Gasteiger partial charge in [-0.2, -0.15) is 0 Å². The number of aromatic nitrogens is 3. The first-order chi connectivity index (χ1) is 11.6. The van der Waals surface area contributed by atoms with E-state index in [2.05, 4.69) is 10.1 Å². The highest BCUT2D eigenvalue weighted by molar-refractivity contribution is 5.91. The van der Waals surface area contributed by atoms with Gasteiger partial charge < -0.3 is 4.90 Å². The zero-order chi connectivity index (χ0) is 16.8. The maximum atomic E-state index is 14.3. The summed E-state index contributed by atoms with van der Waals surface area (Å²) in [5.74, 6) is -0.785. The van der Waals surface area contributed by atoms with Gasteiger partial charge in [-0.15, -0.1) is 5.10 Å². The topological polar surface area (TPSA) is 51.0 Å². The molecule has 0 saturated carbocycles. The largest absolute Gasteiger partial charge is 0.327 e. The minimum absolute atomic E-state index is 0.0846. The number of amides is 1. The molecule has 2 aliphatic rings. The predicted octanol–water partition coefficient (Wildman–Crippen LogP) is 2.76. The van der Waals surface area contributed by atoms with E-state index < -0.39 is 24.5 Å². The highest BCUT2D eigenvalue weighted by Crippen LogP contribution is 2.39. The molecule has 3 heterocycles. The lowest BCUT2D eigenvalue weighted by Crippen LogP contribution is -2.54. The van der Waals surface area contributed by atoms with Crippen LogP contribution in [0.1, 0.15) is 47.1 Å². The van der Waals surface area contributed by atoms with Crippen molar-refractivity contribution < 1.29 is 18.0 Å². The number of hydrogen-bond acceptors (Lipinski definition) is 3. The zero-order valence-corrected chi connectivity index (χ0v) is 12.6. The second kappa shape index (κ2) is 5.61. The minimum Gasteiger partial charge on any atom is -0.327 e. The molecular formula is C16H15F3N4O. The highest BCUT2D eigenvalue weighted by Gasteiger charge is 2.42. The number of nitrogens with zero attached hydrogens (tertiary/aromatic N) is 4. The quantitative estimate of drug-likeness (QED) is 0.866. The lowest BCUT2D eigenvalue weighted by molar-refractivity contribution is -0.0225. The first kappa shape index (κ1) is 15.2. The summed E-state index contributed by atoms with van der Waals surface area (Å²) in [6, 6.07) is 7.83. The Kier molecular flexibility index (Phi) is 3.54. The van der Waals surface area contributed by atoms with Crippen LogP contribution in [-0.2, 0) is 0 Å². The summed E-state index contributed by atoms with van der Waals surface area (Å²) in [4.78, 5) is 17.4. The number of fused-ring (bicyclic) bond motifs is 1. The predicted molar refractivity (Wildman–Crippen MR) is 78.5 cm³/mol. The first-order valence-corrected chi connectivity index (χ1v) is 7.81. The van der Waals surface area contributed by atoms with Gasteiger partial charge in [0.15, 0.2) is 12.0 Å². The molecule has 2 aliphatic heterocycles. The second-order valence-corrected chi connectivity index (χ2v) is 6.06. The van der Waals surface area contributed by atoms with Gasteiger partial charge >= 0.3 is 0 Å². The maximum Gasteiger partial charge on any atom is 0.293 e. The fourth-order valence-electron chi connectivity index (χ4n) is 3.27. The molecule has 1 saturated heterocycles. The molecule has 126 valence electrons. The van der Waals surface area contributed by atoms with Gasteiger partial charge in [0.2, 0.25) is 5.82 Å². The van der Waals surface area contributed by atoms with E-state index in [1.165, 1.54) is 4.68 Å². The maximum absolute atomic E-state index is 14.3. The van der Waals surface area contributed by atoms with E-state index in [-0.39, 0.29) is 37.1 Å². The molecule has 1 fully saturated rings. The number of carbonyl (C=O) groups is 1. The van der Waals surface area contributed by atoms with Gasteiger partial charge in [-0.25, -0.2) is 22.8 Å². The van der Waals surface area contributed by atoms with E-state index in [1.54, 1.807) is 0 Å². The fraction of sp³-hybridized carbons (Fsp3) is 0.438. The SMILES string of the molecule is O=C(c1nc2n(n1)[C@H](c1ccccc1)C[C@@H]2F)N1CC[C@H]1C(F)F. The molecule has 0 unspecified atom stereocenters. The number of likely N-dealkylation sites (tertiary alicyclic amines) is 1. The van der Waals surface area contributed by atoms with Gasteiger partial charge in [-0.1, -0.05) is 30.3 Å². The number of carbonyl (C=O) groups excluding carboxylic acids is 1. The van der Waals surface area contributed by atoms with E-state index >= 15 is 0 Å². The van der Waals surface area contributed by atoms with Crippen molar-refractivity contribution in [1.29, 1.82) is 0 Å². The van der Waals surface area contributed by atoms with Gasteiger partial charge in [-0.05, 0) is 12.0 Å². The zero-order valence-electron chi connectivity index (χ0n) is 12.6. The summed E-state index contributed by atoms with van der Waals surface area (Å²) in [5.41, 5.74) is 0.872. The highest BCUT2D eigenvalue weighted by atomic mass is 19.3. The molecule has 0 bridgehead atoms. The lowest BCUT2D eigenvalue weighted by Gasteiger charge is -2.39. The van der Waals surface area contributed by atoms with Gasteiger partial charge in [0, 0.05) is 13.0 Å². The monoisotopic (exact) mass is 336 g/mol. The van der Waals surface area contributed by atoms with Crippen molar-refractivity contribution in [3.63, 3.8) is 0 Å². The van der Waals surface area contributed by atoms with Crippen LogP contribution >= 0.6 is 0 Å². The van der Waals surface area contributed by atoms with Crippen LogP contribution in [0.3, 0.4) is 0 Å². The number of rotatable bonds is 3. The van der Waals surface area contributed by atoms with Crippen molar-refractivity contribution in [1.82, 2.24) is 19.7 Å². The van der Waals surface area contributed by atoms with Crippen molar-refractivity contribution in [2.45, 2.75) is 37.5 Å². The fourth-order valence-corrected chi connectivity index (χ4v) is 3.27. The number of hydrogen-bond donors (Lipinski definition) is 0. The average molecular weight is 336 g/mol. The van der Waals surface area contributed by atoms with E-state index in [1.807, 2.05) is 30.3 Å². The Bertz CT molecular complexity index is 764. The molecule has 1 amide bonds. The number of benzene rings is 1. The second-order valence-electron chi connectivity index (χ2n) is 6.06. The van der Waals surface area contributed by atoms with Crippen LogP contribution in [-0.4, -0.2) is 44.6 Å². The standard InChI is InChI=1S/C16H15F3N4O/c17-10-8-12(9-4-2-1-3-5-9)23-15(10)20-14(21-23)16(24)22-7-6-11(22)13(18)19/h1-5,10-13H,6-8H2/t10-,11-,12-/m0/s1. The van der Waals surface area contributed by atoms with Crippen LogP contribution < -0.4 is 0 Å². The summed E-state index contributed by atoms with van der Waals surface area (Å²) < 4.78 is 41.3. The average Bonchev–Trinajstić information content (AvgIpc) is 3.07. The summed E-state index contributed by atoms with van der Waals surface area (Å²) in [7, 11) is 0. The normalized spacial score (nSPS) is 25.7. The molecule has 24 heavy (non-hydrogen) atoms. The van der Waals surface area contributed by atoms with Crippen LogP contribution in [0.4, 0.5) is 13.2 Å². The third kappa shape index (κ3) is 2.28. The molecule has 0 spiro atoms. The molecule has 4 rings (SSSR count). The number of alkyl halides is 3. The molecule has 8 heteroatoms. The van der Waals surface area contributed by atoms with Crippen molar-refractivity contribution in [2.75, 3.05) is 6.54 Å². The van der Waals surface area contributed by atoms with Crippen molar-refractivity contribution >= 4 is 5.91 Å². The summed E-state index contributed by atoms with van der Waals surface area (Å²) in [6.07, 6.45) is -3.46. The molecular weight excluding hydrogens is 321 g/mol. The van der Waals surface area contributed by atoms with E-state index in [4.69, 9.17) is 0 Å². The van der Waals surface area contributed by atoms with Crippen LogP contribution in [0.2, 0.25) is 0 Å². The Morgan fingerprint density at radius 2 is 2.00 bits per heavy atom. The Hall–Kier alpha value is -2.38. The van der Waals surface area contributed by atoms with Gasteiger partial charge in [0.1, 0.15) is 0 Å². The summed E-state index contributed by atoms with van der Waals surface area (Å²) in [6.45, 7) is 0.249. The Balaban J connectivity index is 1.63. The molecule has 2 aromatic rings. The van der Waals surface area contributed by atoms with E-state index in [0.717, 1.165) is 10.5 Å². The van der Waals surface area contributed by atoms with E-state index in [9.17, 15) is 18.0 Å². The Labute approximate surface area is 136 Å². The third-order valence-corrected chi connectivity index (χ3v) is 4.66. The molecule has 5 nitrogen and oxygen atoms in total. The lowest BCUT2D eigenvalue weighted by atomic mass is 10.0. The molecule has 0 aliphatic carbocycles. The van der Waals surface area contributed by atoms with Crippen LogP contribution in [0, 0.1) is 0 Å². The van der Waals surface area contributed by atoms with Gasteiger partial charge in [-0.3, -0.25) is 4.79 Å². The van der Waals surface area contributed by atoms with E-state index in [0.29, 0.717) is 0 Å². The summed E-state index contributed by atoms with van der Waals surface area (Å²) in [5, 5.41) is 4.13. The molecule has 3 atom stereocenters. The molecule has 0 radical (unpaired) electrons. The molecule has 1 aromatic heterocycles. The summed E-state index contributed by atoms with van der Waals surface area (Å²) >= 11 is 0. The Morgan fingerprint density at radius 3 is 2.62 bits per heavy atom. The van der Waals surface area contributed by atoms with Crippen LogP contribution in [0.15, 0.2) is 30.3 Å². The van der Waals surface area contributed by atoms with Gasteiger partial charge in [0.05, 0.1) is 12.1 Å². The van der Waals surface area contributed by atoms with Crippen molar-refractivity contribution in [2.24, 2.45) is 0 Å². The third-order valence-electron chi connectivity index (χ3n) is 4.66. The molecule has 0 N–H and O–H groups in total. The van der Waals surface area contributed by atoms with Crippen LogP contribution in [0.25, 0.3) is 0 Å². The Morgan fingerprint density at radius 1 is 1.25 bits per heavy atom. The number of halogens is 3. The smallest absolute Gasteiger partial charge is 0.293 e. The van der Waals surface area contributed by atoms with Gasteiger partial charge in [0.25, 0.3) is 12.3 Å². The first-order valence-electron chi connectivity index (χ1n) is 7.81. The molecule has 1 aromatic carbocycles. The van der Waals surface area contributed by atoms with Crippen molar-refractivity contribution in [3.8, 4) is 0 Å².